The maximum Gasteiger partial charge on any atom is 0.224 e. The van der Waals surface area contributed by atoms with Crippen LogP contribution in [0.15, 0.2) is 6.20 Å². The maximum absolute atomic E-state index is 11.4. The second-order valence-corrected chi connectivity index (χ2v) is 5.46. The average molecular weight is 282 g/mol. The Bertz CT molecular complexity index is 509. The summed E-state index contributed by atoms with van der Waals surface area (Å²) < 4.78 is 0. The van der Waals surface area contributed by atoms with Gasteiger partial charge >= 0.3 is 0 Å². The summed E-state index contributed by atoms with van der Waals surface area (Å²) >= 11 is 5.83. The molecule has 1 amide bonds. The largest absolute Gasteiger partial charge is 0.394 e. The number of hydrogen-bond donors (Lipinski definition) is 2. The van der Waals surface area contributed by atoms with Gasteiger partial charge in [0.25, 0.3) is 0 Å². The van der Waals surface area contributed by atoms with Gasteiger partial charge in [0, 0.05) is 25.6 Å². The Morgan fingerprint density at radius 3 is 3.16 bits per heavy atom. The number of fused-ring (bicyclic) bond motifs is 1. The van der Waals surface area contributed by atoms with Crippen LogP contribution in [-0.2, 0) is 4.79 Å². The lowest BCUT2D eigenvalue weighted by Crippen LogP contribution is -2.54. The molecule has 7 heteroatoms. The van der Waals surface area contributed by atoms with Crippen LogP contribution < -0.4 is 16.0 Å². The van der Waals surface area contributed by atoms with Crippen molar-refractivity contribution in [3.63, 3.8) is 0 Å². The minimum Gasteiger partial charge on any atom is -0.394 e. The number of nitrogens with zero attached hydrogens (tertiary/aromatic N) is 3. The van der Waals surface area contributed by atoms with Crippen LogP contribution in [0.3, 0.4) is 0 Å². The molecule has 0 radical (unpaired) electrons. The molecule has 19 heavy (non-hydrogen) atoms. The molecule has 0 spiro atoms. The molecule has 0 saturated carbocycles. The number of nitrogen functional groups attached to an aromatic ring is 1. The van der Waals surface area contributed by atoms with E-state index >= 15 is 0 Å². The van der Waals surface area contributed by atoms with Gasteiger partial charge in [0.2, 0.25) is 11.2 Å². The van der Waals surface area contributed by atoms with Crippen LogP contribution in [0.1, 0.15) is 19.3 Å². The number of aromatic nitrogens is 2. The normalized spacial score (nSPS) is 26.8. The van der Waals surface area contributed by atoms with Crippen LogP contribution in [0, 0.1) is 5.92 Å². The van der Waals surface area contributed by atoms with Crippen molar-refractivity contribution in [3.8, 4) is 0 Å². The van der Waals surface area contributed by atoms with E-state index in [-0.39, 0.29) is 17.2 Å². The third-order valence-electron chi connectivity index (χ3n) is 3.89. The summed E-state index contributed by atoms with van der Waals surface area (Å²) in [6.07, 6.45) is 3.98. The lowest BCUT2D eigenvalue weighted by atomic mass is 9.85. The van der Waals surface area contributed by atoms with Crippen molar-refractivity contribution in [2.75, 3.05) is 23.7 Å². The predicted octanol–water partition coefficient (Wildman–Crippen LogP) is 0.817. The fraction of sp³-hybridized carbons (Fsp3) is 0.583. The third-order valence-corrected chi connectivity index (χ3v) is 4.07. The fourth-order valence-corrected chi connectivity index (χ4v) is 3.05. The number of anilines is 2. The van der Waals surface area contributed by atoms with E-state index in [0.717, 1.165) is 25.9 Å². The molecule has 2 unspecified atom stereocenters. The van der Waals surface area contributed by atoms with Gasteiger partial charge < -0.3 is 16.0 Å². The van der Waals surface area contributed by atoms with Crippen molar-refractivity contribution in [1.82, 2.24) is 15.3 Å². The van der Waals surface area contributed by atoms with E-state index in [1.807, 2.05) is 0 Å². The Morgan fingerprint density at radius 2 is 2.32 bits per heavy atom. The van der Waals surface area contributed by atoms with Gasteiger partial charge in [-0.05, 0) is 30.4 Å². The van der Waals surface area contributed by atoms with Gasteiger partial charge in [-0.15, -0.1) is 0 Å². The number of rotatable bonds is 1. The molecule has 2 atom stereocenters. The summed E-state index contributed by atoms with van der Waals surface area (Å²) in [6, 6.07) is 0.288. The Kier molecular flexibility index (Phi) is 3.18. The van der Waals surface area contributed by atoms with E-state index in [1.165, 1.54) is 0 Å². The van der Waals surface area contributed by atoms with E-state index < -0.39 is 0 Å². The van der Waals surface area contributed by atoms with Crippen LogP contribution in [0.25, 0.3) is 0 Å². The minimum absolute atomic E-state index is 0.166. The number of amides is 1. The fourth-order valence-electron chi connectivity index (χ4n) is 2.92. The summed E-state index contributed by atoms with van der Waals surface area (Å²) in [7, 11) is 0. The highest BCUT2D eigenvalue weighted by Crippen LogP contribution is 2.30. The molecule has 0 aliphatic carbocycles. The first-order valence-corrected chi connectivity index (χ1v) is 6.83. The van der Waals surface area contributed by atoms with Gasteiger partial charge in [-0.2, -0.15) is 4.98 Å². The molecule has 1 aromatic rings. The first kappa shape index (κ1) is 12.5. The van der Waals surface area contributed by atoms with Gasteiger partial charge in [-0.1, -0.05) is 0 Å². The summed E-state index contributed by atoms with van der Waals surface area (Å²) in [5.74, 6) is 1.33. The lowest BCUT2D eigenvalue weighted by molar-refractivity contribution is -0.124. The summed E-state index contributed by atoms with van der Waals surface area (Å²) in [5.41, 5.74) is 6.46. The predicted molar refractivity (Wildman–Crippen MR) is 72.9 cm³/mol. The molecule has 0 aromatic carbocycles. The number of hydrogen-bond acceptors (Lipinski definition) is 5. The molecular formula is C12H16ClN5O. The Hall–Kier alpha value is -1.56. The molecule has 2 fully saturated rings. The van der Waals surface area contributed by atoms with Crippen LogP contribution >= 0.6 is 11.6 Å². The highest BCUT2D eigenvalue weighted by Gasteiger charge is 2.34. The molecule has 2 aliphatic rings. The number of nitrogens with one attached hydrogen (secondary N) is 1. The van der Waals surface area contributed by atoms with Crippen molar-refractivity contribution in [3.05, 3.63) is 11.5 Å². The summed E-state index contributed by atoms with van der Waals surface area (Å²) in [5, 5.41) is 3.27. The molecule has 102 valence electrons. The lowest BCUT2D eigenvalue weighted by Gasteiger charge is -2.42. The maximum atomic E-state index is 11.4. The smallest absolute Gasteiger partial charge is 0.224 e. The van der Waals surface area contributed by atoms with E-state index in [1.54, 1.807) is 6.20 Å². The second kappa shape index (κ2) is 4.85. The number of carbonyl (C=O) groups is 1. The van der Waals surface area contributed by atoms with Crippen LogP contribution in [0.2, 0.25) is 5.28 Å². The first-order valence-electron chi connectivity index (χ1n) is 6.46. The van der Waals surface area contributed by atoms with Gasteiger partial charge in [0.05, 0.1) is 11.9 Å². The summed E-state index contributed by atoms with van der Waals surface area (Å²) in [6.45, 7) is 1.67. The van der Waals surface area contributed by atoms with Crippen molar-refractivity contribution < 1.29 is 4.79 Å². The van der Waals surface area contributed by atoms with Crippen LogP contribution in [0.5, 0.6) is 0 Å². The molecule has 0 bridgehead atoms. The second-order valence-electron chi connectivity index (χ2n) is 5.13. The highest BCUT2D eigenvalue weighted by molar-refractivity contribution is 6.28. The standard InChI is InChI=1S/C12H16ClN5O/c13-12-15-5-8(14)11(17-12)18-4-3-9-7(6-18)1-2-10(19)16-9/h5,7,9H,1-4,6,14H2,(H,16,19). The SMILES string of the molecule is Nc1cnc(Cl)nc1N1CCC2NC(=O)CCC2C1. The van der Waals surface area contributed by atoms with Gasteiger partial charge in [-0.25, -0.2) is 4.98 Å². The van der Waals surface area contributed by atoms with Crippen molar-refractivity contribution >= 4 is 29.0 Å². The summed E-state index contributed by atoms with van der Waals surface area (Å²) in [4.78, 5) is 21.6. The highest BCUT2D eigenvalue weighted by atomic mass is 35.5. The Morgan fingerprint density at radius 1 is 1.47 bits per heavy atom. The van der Waals surface area contributed by atoms with E-state index in [9.17, 15) is 4.79 Å². The number of nitrogens with two attached hydrogens (primary N) is 1. The first-order chi connectivity index (χ1) is 9.13. The topological polar surface area (TPSA) is 84.1 Å². The van der Waals surface area contributed by atoms with E-state index in [2.05, 4.69) is 20.2 Å². The zero-order valence-corrected chi connectivity index (χ0v) is 11.2. The van der Waals surface area contributed by atoms with E-state index in [0.29, 0.717) is 23.8 Å². The molecular weight excluding hydrogens is 266 g/mol. The van der Waals surface area contributed by atoms with Crippen molar-refractivity contribution in [1.29, 1.82) is 0 Å². The number of carbonyl (C=O) groups excluding carboxylic acids is 1. The zero-order chi connectivity index (χ0) is 13.4. The van der Waals surface area contributed by atoms with Crippen LogP contribution in [0.4, 0.5) is 11.5 Å². The molecule has 1 aromatic heterocycles. The van der Waals surface area contributed by atoms with Crippen molar-refractivity contribution in [2.45, 2.75) is 25.3 Å². The molecule has 3 rings (SSSR count). The molecule has 2 aliphatic heterocycles. The Balaban J connectivity index is 1.77. The number of piperidine rings is 2. The quantitative estimate of drug-likeness (QED) is 0.745. The van der Waals surface area contributed by atoms with Gasteiger partial charge in [0.15, 0.2) is 5.82 Å². The molecule has 6 nitrogen and oxygen atoms in total. The van der Waals surface area contributed by atoms with Crippen molar-refractivity contribution in [2.24, 2.45) is 5.92 Å². The average Bonchev–Trinajstić information content (AvgIpc) is 2.41. The minimum atomic E-state index is 0.166. The zero-order valence-electron chi connectivity index (χ0n) is 10.5. The van der Waals surface area contributed by atoms with Gasteiger partial charge in [-0.3, -0.25) is 4.79 Å². The van der Waals surface area contributed by atoms with Gasteiger partial charge in [0.1, 0.15) is 0 Å². The molecule has 2 saturated heterocycles. The van der Waals surface area contributed by atoms with Crippen LogP contribution in [-0.4, -0.2) is 35.0 Å². The molecule has 3 N–H and O–H groups in total. The third kappa shape index (κ3) is 2.45. The Labute approximate surface area is 116 Å². The number of halogens is 1. The van der Waals surface area contributed by atoms with E-state index in [4.69, 9.17) is 17.3 Å². The monoisotopic (exact) mass is 281 g/mol. The molecule has 3 heterocycles.